The molecule has 0 heterocycles. The first kappa shape index (κ1) is 18.2. The standard InChI is InChI=1S/C19H14ClN5O2/c20-15-8-6-14(7-9-15)19(23-21-16-4-2-1-3-5-16)24-22-17-10-12-18(13-11-17)25(26)27/h1-13,21H/b23-19+,24-22?. The van der Waals surface area contributed by atoms with E-state index in [0.29, 0.717) is 22.1 Å². The van der Waals surface area contributed by atoms with Gasteiger partial charge in [-0.05, 0) is 48.5 Å². The fourth-order valence-corrected chi connectivity index (χ4v) is 2.25. The lowest BCUT2D eigenvalue weighted by Gasteiger charge is -2.03. The number of nitro benzene ring substituents is 1. The van der Waals surface area contributed by atoms with E-state index in [4.69, 9.17) is 11.6 Å². The number of benzene rings is 3. The SMILES string of the molecule is O=[N+]([O-])c1ccc(N=N/C(=N/Nc2ccccc2)c2ccc(Cl)cc2)cc1. The molecule has 0 aliphatic heterocycles. The Bertz CT molecular complexity index is 971. The average Bonchev–Trinajstić information content (AvgIpc) is 2.70. The van der Waals surface area contributed by atoms with Crippen molar-refractivity contribution >= 4 is 34.5 Å². The maximum absolute atomic E-state index is 10.7. The van der Waals surface area contributed by atoms with Crippen molar-refractivity contribution in [1.29, 1.82) is 0 Å². The van der Waals surface area contributed by atoms with Crippen LogP contribution in [0.1, 0.15) is 5.56 Å². The Hall–Kier alpha value is -3.58. The zero-order valence-electron chi connectivity index (χ0n) is 14.0. The Balaban J connectivity index is 1.86. The molecule has 0 spiro atoms. The number of nitrogens with one attached hydrogen (secondary N) is 1. The van der Waals surface area contributed by atoms with Crippen LogP contribution in [0.3, 0.4) is 0 Å². The van der Waals surface area contributed by atoms with Gasteiger partial charge < -0.3 is 0 Å². The molecule has 0 fully saturated rings. The first-order valence-corrected chi connectivity index (χ1v) is 8.30. The third kappa shape index (κ3) is 5.20. The van der Waals surface area contributed by atoms with Crippen molar-refractivity contribution in [2.45, 2.75) is 0 Å². The fraction of sp³-hybridized carbons (Fsp3) is 0. The summed E-state index contributed by atoms with van der Waals surface area (Å²) in [4.78, 5) is 10.3. The molecular formula is C19H14ClN5O2. The topological polar surface area (TPSA) is 92.2 Å². The number of non-ortho nitro benzene ring substituents is 1. The van der Waals surface area contributed by atoms with Crippen molar-refractivity contribution < 1.29 is 4.92 Å². The highest BCUT2D eigenvalue weighted by Gasteiger charge is 2.05. The lowest BCUT2D eigenvalue weighted by molar-refractivity contribution is -0.384. The summed E-state index contributed by atoms with van der Waals surface area (Å²) in [6, 6.07) is 22.2. The Morgan fingerprint density at radius 3 is 2.22 bits per heavy atom. The molecule has 0 saturated carbocycles. The Kier molecular flexibility index (Phi) is 5.86. The van der Waals surface area contributed by atoms with Gasteiger partial charge in [-0.1, -0.05) is 29.8 Å². The molecule has 1 N–H and O–H groups in total. The van der Waals surface area contributed by atoms with E-state index < -0.39 is 4.92 Å². The van der Waals surface area contributed by atoms with E-state index in [2.05, 4.69) is 20.8 Å². The molecule has 3 aromatic rings. The quantitative estimate of drug-likeness (QED) is 0.199. The van der Waals surface area contributed by atoms with E-state index in [1.165, 1.54) is 24.3 Å². The predicted molar refractivity (Wildman–Crippen MR) is 106 cm³/mol. The molecule has 0 atom stereocenters. The summed E-state index contributed by atoms with van der Waals surface area (Å²) in [7, 11) is 0. The Labute approximate surface area is 160 Å². The molecule has 7 nitrogen and oxygen atoms in total. The molecule has 8 heteroatoms. The maximum Gasteiger partial charge on any atom is 0.269 e. The molecule has 0 amide bonds. The zero-order valence-corrected chi connectivity index (χ0v) is 14.7. The van der Waals surface area contributed by atoms with Gasteiger partial charge in [0.05, 0.1) is 16.3 Å². The highest BCUT2D eigenvalue weighted by Crippen LogP contribution is 2.19. The van der Waals surface area contributed by atoms with Crippen molar-refractivity contribution in [3.8, 4) is 0 Å². The first-order valence-electron chi connectivity index (χ1n) is 7.93. The van der Waals surface area contributed by atoms with Crippen LogP contribution in [0.5, 0.6) is 0 Å². The number of anilines is 1. The molecule has 134 valence electrons. The average molecular weight is 380 g/mol. The van der Waals surface area contributed by atoms with E-state index in [0.717, 1.165) is 5.69 Å². The number of hydrazone groups is 1. The number of halogens is 1. The van der Waals surface area contributed by atoms with Gasteiger partial charge in [-0.2, -0.15) is 5.10 Å². The van der Waals surface area contributed by atoms with Crippen LogP contribution in [0.4, 0.5) is 17.1 Å². The van der Waals surface area contributed by atoms with Crippen LogP contribution < -0.4 is 5.43 Å². The van der Waals surface area contributed by atoms with Crippen LogP contribution in [-0.4, -0.2) is 10.8 Å². The van der Waals surface area contributed by atoms with Crippen molar-refractivity contribution in [3.05, 3.63) is 99.6 Å². The highest BCUT2D eigenvalue weighted by atomic mass is 35.5. The fourth-order valence-electron chi connectivity index (χ4n) is 2.12. The summed E-state index contributed by atoms with van der Waals surface area (Å²) < 4.78 is 0. The van der Waals surface area contributed by atoms with Gasteiger partial charge in [0.2, 0.25) is 5.84 Å². The second kappa shape index (κ2) is 8.68. The molecule has 0 bridgehead atoms. The van der Waals surface area contributed by atoms with E-state index in [-0.39, 0.29) is 5.69 Å². The van der Waals surface area contributed by atoms with Crippen molar-refractivity contribution in [1.82, 2.24) is 0 Å². The first-order chi connectivity index (χ1) is 13.1. The van der Waals surface area contributed by atoms with Crippen LogP contribution in [0, 0.1) is 10.1 Å². The zero-order chi connectivity index (χ0) is 19.1. The van der Waals surface area contributed by atoms with E-state index >= 15 is 0 Å². The predicted octanol–water partition coefficient (Wildman–Crippen LogP) is 5.81. The molecule has 27 heavy (non-hydrogen) atoms. The van der Waals surface area contributed by atoms with E-state index in [9.17, 15) is 10.1 Å². The molecule has 0 unspecified atom stereocenters. The molecule has 0 radical (unpaired) electrons. The van der Waals surface area contributed by atoms with Crippen LogP contribution >= 0.6 is 11.6 Å². The number of hydrogen-bond acceptors (Lipinski definition) is 5. The van der Waals surface area contributed by atoms with Crippen LogP contribution in [0.2, 0.25) is 5.02 Å². The normalized spacial score (nSPS) is 11.5. The van der Waals surface area contributed by atoms with Crippen LogP contribution in [-0.2, 0) is 0 Å². The van der Waals surface area contributed by atoms with Gasteiger partial charge in [-0.25, -0.2) is 0 Å². The minimum atomic E-state index is -0.467. The molecule has 3 rings (SSSR count). The number of nitrogens with zero attached hydrogens (tertiary/aromatic N) is 4. The largest absolute Gasteiger partial charge is 0.276 e. The van der Waals surface area contributed by atoms with Gasteiger partial charge in [0.1, 0.15) is 0 Å². The second-order valence-corrected chi connectivity index (χ2v) is 5.83. The number of rotatable bonds is 5. The van der Waals surface area contributed by atoms with Gasteiger partial charge in [-0.3, -0.25) is 15.5 Å². The number of nitro groups is 1. The molecular weight excluding hydrogens is 366 g/mol. The summed E-state index contributed by atoms with van der Waals surface area (Å²) in [6.07, 6.45) is 0. The molecule has 3 aromatic carbocycles. The number of amidine groups is 1. The molecule has 0 aliphatic carbocycles. The maximum atomic E-state index is 10.7. The number of hydrogen-bond donors (Lipinski definition) is 1. The van der Waals surface area contributed by atoms with Crippen molar-refractivity contribution in [3.63, 3.8) is 0 Å². The lowest BCUT2D eigenvalue weighted by atomic mass is 10.2. The minimum Gasteiger partial charge on any atom is -0.276 e. The Morgan fingerprint density at radius 2 is 1.59 bits per heavy atom. The highest BCUT2D eigenvalue weighted by molar-refractivity contribution is 6.30. The second-order valence-electron chi connectivity index (χ2n) is 5.39. The summed E-state index contributed by atoms with van der Waals surface area (Å²) in [5.74, 6) is 0.342. The van der Waals surface area contributed by atoms with E-state index in [1.807, 2.05) is 30.3 Å². The Morgan fingerprint density at radius 1 is 0.926 bits per heavy atom. The third-order valence-electron chi connectivity index (χ3n) is 3.49. The molecule has 0 saturated heterocycles. The van der Waals surface area contributed by atoms with Gasteiger partial charge in [0, 0.05) is 22.7 Å². The summed E-state index contributed by atoms with van der Waals surface area (Å²) >= 11 is 5.94. The smallest absolute Gasteiger partial charge is 0.269 e. The van der Waals surface area contributed by atoms with Crippen molar-refractivity contribution in [2.75, 3.05) is 5.43 Å². The number of para-hydroxylation sites is 1. The van der Waals surface area contributed by atoms with Gasteiger partial charge >= 0.3 is 0 Å². The third-order valence-corrected chi connectivity index (χ3v) is 3.74. The lowest BCUT2D eigenvalue weighted by Crippen LogP contribution is -2.01. The monoisotopic (exact) mass is 379 g/mol. The van der Waals surface area contributed by atoms with Crippen LogP contribution in [0.15, 0.2) is 94.2 Å². The van der Waals surface area contributed by atoms with Gasteiger partial charge in [0.15, 0.2) is 0 Å². The van der Waals surface area contributed by atoms with E-state index in [1.54, 1.807) is 24.3 Å². The summed E-state index contributed by atoms with van der Waals surface area (Å²) in [5.41, 5.74) is 4.91. The van der Waals surface area contributed by atoms with Gasteiger partial charge in [0.25, 0.3) is 5.69 Å². The number of azo groups is 1. The van der Waals surface area contributed by atoms with Gasteiger partial charge in [-0.15, -0.1) is 10.2 Å². The molecule has 0 aliphatic rings. The minimum absolute atomic E-state index is 0.00807. The molecule has 0 aromatic heterocycles. The summed E-state index contributed by atoms with van der Waals surface area (Å²) in [6.45, 7) is 0. The van der Waals surface area contributed by atoms with Crippen molar-refractivity contribution in [2.24, 2.45) is 15.3 Å². The van der Waals surface area contributed by atoms with Crippen LogP contribution in [0.25, 0.3) is 0 Å². The summed E-state index contributed by atoms with van der Waals surface area (Å²) in [5, 5.41) is 23.9.